The first-order valence-corrected chi connectivity index (χ1v) is 10.4. The van der Waals surface area contributed by atoms with E-state index in [2.05, 4.69) is 22.8 Å². The smallest absolute Gasteiger partial charge is 0.255 e. The van der Waals surface area contributed by atoms with Crippen molar-refractivity contribution in [2.45, 2.75) is 39.0 Å². The molecular weight excluding hydrogens is 384 g/mol. The molecule has 3 rings (SSSR count). The summed E-state index contributed by atoms with van der Waals surface area (Å²) in [7, 11) is 0. The highest BCUT2D eigenvalue weighted by atomic mass is 16.5. The molecule has 7 nitrogen and oxygen atoms in total. The van der Waals surface area contributed by atoms with E-state index >= 15 is 0 Å². The zero-order valence-electron chi connectivity index (χ0n) is 17.9. The lowest BCUT2D eigenvalue weighted by molar-refractivity contribution is -0.120. The number of aryl methyl sites for hydroxylation is 2. The van der Waals surface area contributed by atoms with E-state index in [1.165, 1.54) is 0 Å². The van der Waals surface area contributed by atoms with E-state index in [0.29, 0.717) is 43.4 Å². The van der Waals surface area contributed by atoms with Crippen molar-refractivity contribution in [1.29, 1.82) is 0 Å². The average Bonchev–Trinajstić information content (AvgIpc) is 3.10. The van der Waals surface area contributed by atoms with Crippen LogP contribution in [0.1, 0.15) is 47.2 Å². The lowest BCUT2D eigenvalue weighted by atomic mass is 9.74. The van der Waals surface area contributed by atoms with Gasteiger partial charge in [0.25, 0.3) is 5.91 Å². The zero-order valence-corrected chi connectivity index (χ0v) is 17.9. The molecule has 7 heteroatoms. The highest BCUT2D eigenvalue weighted by Crippen LogP contribution is 2.35. The quantitative estimate of drug-likeness (QED) is 0.693. The Bertz CT molecular complexity index is 866. The third kappa shape index (κ3) is 5.21. The Balaban J connectivity index is 1.59. The molecule has 0 spiro atoms. The number of ether oxygens (including phenoxy) is 2. The van der Waals surface area contributed by atoms with Gasteiger partial charge in [0.1, 0.15) is 17.3 Å². The molecule has 2 N–H and O–H groups in total. The molecule has 1 fully saturated rings. The van der Waals surface area contributed by atoms with Crippen LogP contribution in [0, 0.1) is 13.8 Å². The van der Waals surface area contributed by atoms with Crippen molar-refractivity contribution in [2.75, 3.05) is 32.9 Å². The van der Waals surface area contributed by atoms with E-state index in [1.807, 2.05) is 19.1 Å². The summed E-state index contributed by atoms with van der Waals surface area (Å²) < 4.78 is 16.5. The Morgan fingerprint density at radius 2 is 1.80 bits per heavy atom. The van der Waals surface area contributed by atoms with E-state index in [-0.39, 0.29) is 23.8 Å². The molecule has 0 aliphatic carbocycles. The molecule has 0 saturated carbocycles. The topological polar surface area (TPSA) is 89.8 Å². The predicted molar refractivity (Wildman–Crippen MR) is 113 cm³/mol. The van der Waals surface area contributed by atoms with E-state index in [4.69, 9.17) is 13.9 Å². The standard InChI is InChI=1S/C23H30N2O5/c1-4-29-19-7-5-18(6-8-19)23(9-11-28-12-10-23)15-25-21(26)14-24-22(27)20-13-16(2)30-17(20)3/h5-8,13H,4,9-12,14-15H2,1-3H3,(H,24,27)(H,25,26). The lowest BCUT2D eigenvalue weighted by Gasteiger charge is -2.38. The number of furan rings is 1. The fraction of sp³-hybridized carbons (Fsp3) is 0.478. The molecule has 2 heterocycles. The molecule has 0 radical (unpaired) electrons. The van der Waals surface area contributed by atoms with E-state index in [9.17, 15) is 9.59 Å². The summed E-state index contributed by atoms with van der Waals surface area (Å²) in [6.45, 7) is 7.80. The summed E-state index contributed by atoms with van der Waals surface area (Å²) in [5.41, 5.74) is 1.42. The van der Waals surface area contributed by atoms with Gasteiger partial charge in [-0.3, -0.25) is 9.59 Å². The molecule has 0 unspecified atom stereocenters. The third-order valence-electron chi connectivity index (χ3n) is 5.55. The second-order valence-electron chi connectivity index (χ2n) is 7.64. The van der Waals surface area contributed by atoms with Gasteiger partial charge in [0.15, 0.2) is 0 Å². The van der Waals surface area contributed by atoms with Gasteiger partial charge < -0.3 is 24.5 Å². The van der Waals surface area contributed by atoms with Crippen LogP contribution in [-0.2, 0) is 14.9 Å². The van der Waals surface area contributed by atoms with Crippen LogP contribution in [0.5, 0.6) is 5.75 Å². The number of carbonyl (C=O) groups is 2. The monoisotopic (exact) mass is 414 g/mol. The average molecular weight is 415 g/mol. The van der Waals surface area contributed by atoms with Crippen LogP contribution in [0.15, 0.2) is 34.7 Å². The summed E-state index contributed by atoms with van der Waals surface area (Å²) in [4.78, 5) is 24.7. The van der Waals surface area contributed by atoms with Crippen LogP contribution in [0.4, 0.5) is 0 Å². The summed E-state index contributed by atoms with van der Waals surface area (Å²) >= 11 is 0. The van der Waals surface area contributed by atoms with Gasteiger partial charge in [-0.25, -0.2) is 0 Å². The number of carbonyl (C=O) groups excluding carboxylic acids is 2. The Kier molecular flexibility index (Phi) is 7.15. The van der Waals surface area contributed by atoms with Gasteiger partial charge in [-0.05, 0) is 57.4 Å². The van der Waals surface area contributed by atoms with Crippen LogP contribution < -0.4 is 15.4 Å². The molecule has 1 aromatic heterocycles. The molecule has 162 valence electrons. The number of rotatable bonds is 8. The highest BCUT2D eigenvalue weighted by Gasteiger charge is 2.35. The van der Waals surface area contributed by atoms with Gasteiger partial charge in [-0.1, -0.05) is 12.1 Å². The molecule has 2 aromatic rings. The number of hydrogen-bond donors (Lipinski definition) is 2. The second-order valence-corrected chi connectivity index (χ2v) is 7.64. The summed E-state index contributed by atoms with van der Waals surface area (Å²) in [6, 6.07) is 9.73. The van der Waals surface area contributed by atoms with Crippen molar-refractivity contribution in [2.24, 2.45) is 0 Å². The van der Waals surface area contributed by atoms with Crippen LogP contribution in [0.3, 0.4) is 0 Å². The maximum atomic E-state index is 12.4. The molecule has 1 saturated heterocycles. The summed E-state index contributed by atoms with van der Waals surface area (Å²) in [6.07, 6.45) is 1.64. The number of nitrogens with one attached hydrogen (secondary N) is 2. The largest absolute Gasteiger partial charge is 0.494 e. The van der Waals surface area contributed by atoms with Crippen LogP contribution in [0.25, 0.3) is 0 Å². The van der Waals surface area contributed by atoms with Gasteiger partial charge in [-0.15, -0.1) is 0 Å². The number of hydrogen-bond acceptors (Lipinski definition) is 5. The lowest BCUT2D eigenvalue weighted by Crippen LogP contribution is -2.47. The number of amides is 2. The first kappa shape index (κ1) is 21.9. The van der Waals surface area contributed by atoms with Crippen LogP contribution in [0.2, 0.25) is 0 Å². The molecule has 0 bridgehead atoms. The normalized spacial score (nSPS) is 15.4. The maximum Gasteiger partial charge on any atom is 0.255 e. The second kappa shape index (κ2) is 9.80. The Morgan fingerprint density at radius 1 is 1.10 bits per heavy atom. The third-order valence-corrected chi connectivity index (χ3v) is 5.55. The molecule has 1 aromatic carbocycles. The van der Waals surface area contributed by atoms with Crippen molar-refractivity contribution in [3.05, 3.63) is 53.0 Å². The SMILES string of the molecule is CCOc1ccc(C2(CNC(=O)CNC(=O)c3cc(C)oc3C)CCOCC2)cc1. The molecule has 1 aliphatic heterocycles. The van der Waals surface area contributed by atoms with Gasteiger partial charge in [0, 0.05) is 25.2 Å². The molecule has 2 amide bonds. The van der Waals surface area contributed by atoms with Crippen molar-refractivity contribution in [1.82, 2.24) is 10.6 Å². The Morgan fingerprint density at radius 3 is 2.40 bits per heavy atom. The van der Waals surface area contributed by atoms with Crippen molar-refractivity contribution in [3.63, 3.8) is 0 Å². The fourth-order valence-electron chi connectivity index (χ4n) is 3.84. The fourth-order valence-corrected chi connectivity index (χ4v) is 3.84. The highest BCUT2D eigenvalue weighted by molar-refractivity contribution is 5.97. The van der Waals surface area contributed by atoms with E-state index < -0.39 is 0 Å². The molecular formula is C23H30N2O5. The first-order valence-electron chi connectivity index (χ1n) is 10.4. The number of benzene rings is 1. The van der Waals surface area contributed by atoms with Gasteiger partial charge in [0.2, 0.25) is 5.91 Å². The molecule has 0 atom stereocenters. The summed E-state index contributed by atoms with van der Waals surface area (Å²) in [5.74, 6) is 1.51. The molecule has 30 heavy (non-hydrogen) atoms. The van der Waals surface area contributed by atoms with Crippen LogP contribution >= 0.6 is 0 Å². The van der Waals surface area contributed by atoms with Crippen molar-refractivity contribution < 1.29 is 23.5 Å². The van der Waals surface area contributed by atoms with Crippen molar-refractivity contribution in [3.8, 4) is 5.75 Å². The van der Waals surface area contributed by atoms with E-state index in [1.54, 1.807) is 19.9 Å². The predicted octanol–water partition coefficient (Wildman–Crippen LogP) is 2.89. The minimum atomic E-state index is -0.313. The minimum absolute atomic E-state index is 0.0850. The summed E-state index contributed by atoms with van der Waals surface area (Å²) in [5, 5.41) is 5.66. The minimum Gasteiger partial charge on any atom is -0.494 e. The Labute approximate surface area is 177 Å². The first-order chi connectivity index (χ1) is 14.4. The van der Waals surface area contributed by atoms with Gasteiger partial charge >= 0.3 is 0 Å². The van der Waals surface area contributed by atoms with Crippen LogP contribution in [-0.4, -0.2) is 44.7 Å². The van der Waals surface area contributed by atoms with Gasteiger partial charge in [-0.2, -0.15) is 0 Å². The molecule has 1 aliphatic rings. The van der Waals surface area contributed by atoms with E-state index in [0.717, 1.165) is 24.2 Å². The van der Waals surface area contributed by atoms with Gasteiger partial charge in [0.05, 0.1) is 18.7 Å². The zero-order chi connectivity index (χ0) is 21.6. The Hall–Kier alpha value is -2.80. The maximum absolute atomic E-state index is 12.4. The van der Waals surface area contributed by atoms with Crippen molar-refractivity contribution >= 4 is 11.8 Å².